The van der Waals surface area contributed by atoms with Gasteiger partial charge in [-0.25, -0.2) is 4.98 Å². The van der Waals surface area contributed by atoms with Crippen LogP contribution in [0.1, 0.15) is 34.4 Å². The maximum atomic E-state index is 12.0. The summed E-state index contributed by atoms with van der Waals surface area (Å²) in [5.74, 6) is -0.124. The summed E-state index contributed by atoms with van der Waals surface area (Å²) in [4.78, 5) is 16.2. The summed E-state index contributed by atoms with van der Waals surface area (Å²) in [5, 5.41) is 5.50. The van der Waals surface area contributed by atoms with Crippen molar-refractivity contribution in [1.82, 2.24) is 10.3 Å². The fourth-order valence-corrected chi connectivity index (χ4v) is 2.56. The third-order valence-electron chi connectivity index (χ3n) is 3.05. The Balaban J connectivity index is 1.82. The van der Waals surface area contributed by atoms with Crippen LogP contribution < -0.4 is 11.1 Å². The molecule has 0 fully saturated rings. The van der Waals surface area contributed by atoms with Gasteiger partial charge in [0.1, 0.15) is 10.7 Å². The van der Waals surface area contributed by atoms with Crippen molar-refractivity contribution in [3.63, 3.8) is 0 Å². The molecule has 20 heavy (non-hydrogen) atoms. The van der Waals surface area contributed by atoms with Crippen LogP contribution in [0.2, 0.25) is 0 Å². The molecular weight excluding hydrogens is 270 g/mol. The van der Waals surface area contributed by atoms with Crippen molar-refractivity contribution in [2.24, 2.45) is 5.73 Å². The highest BCUT2D eigenvalue weighted by atomic mass is 32.1. The van der Waals surface area contributed by atoms with Crippen LogP contribution >= 0.6 is 11.3 Å². The highest BCUT2D eigenvalue weighted by molar-refractivity contribution is 7.09. The van der Waals surface area contributed by atoms with Gasteiger partial charge in [-0.05, 0) is 25.3 Å². The molecule has 5 heteroatoms. The highest BCUT2D eigenvalue weighted by Gasteiger charge is 2.13. The lowest BCUT2D eigenvalue weighted by Crippen LogP contribution is -2.33. The van der Waals surface area contributed by atoms with Crippen molar-refractivity contribution >= 4 is 17.2 Å². The molecule has 2 rings (SSSR count). The number of carbonyl (C=O) groups excluding carboxylic acids is 1. The van der Waals surface area contributed by atoms with Crippen molar-refractivity contribution in [2.75, 3.05) is 0 Å². The van der Waals surface area contributed by atoms with Crippen LogP contribution in [-0.2, 0) is 13.0 Å². The number of hydrogen-bond acceptors (Lipinski definition) is 4. The quantitative estimate of drug-likeness (QED) is 0.857. The van der Waals surface area contributed by atoms with E-state index in [2.05, 4.69) is 22.4 Å². The lowest BCUT2D eigenvalue weighted by molar-refractivity contribution is 0.0934. The Morgan fingerprint density at radius 1 is 1.40 bits per heavy atom. The minimum absolute atomic E-state index is 0.116. The minimum atomic E-state index is -0.124. The molecular formula is C15H19N3OS. The second kappa shape index (κ2) is 7.17. The lowest BCUT2D eigenvalue weighted by Gasteiger charge is -2.12. The van der Waals surface area contributed by atoms with E-state index in [1.54, 1.807) is 5.38 Å². The Morgan fingerprint density at radius 3 is 2.80 bits per heavy atom. The van der Waals surface area contributed by atoms with Crippen LogP contribution in [-0.4, -0.2) is 16.9 Å². The van der Waals surface area contributed by atoms with Crippen molar-refractivity contribution in [2.45, 2.75) is 32.4 Å². The monoisotopic (exact) mass is 289 g/mol. The van der Waals surface area contributed by atoms with Crippen LogP contribution in [0.5, 0.6) is 0 Å². The molecule has 0 spiro atoms. The molecule has 2 aromatic rings. The summed E-state index contributed by atoms with van der Waals surface area (Å²) >= 11 is 1.42. The van der Waals surface area contributed by atoms with Gasteiger partial charge in [-0.1, -0.05) is 30.3 Å². The van der Waals surface area contributed by atoms with Crippen LogP contribution in [0, 0.1) is 0 Å². The number of hydrogen-bond donors (Lipinski definition) is 2. The second-order valence-electron chi connectivity index (χ2n) is 4.73. The number of benzene rings is 1. The molecule has 0 aliphatic rings. The van der Waals surface area contributed by atoms with E-state index in [1.165, 1.54) is 16.9 Å². The first kappa shape index (κ1) is 14.7. The molecule has 1 aromatic carbocycles. The van der Waals surface area contributed by atoms with Gasteiger partial charge in [0, 0.05) is 18.0 Å². The molecule has 0 aliphatic heterocycles. The maximum Gasteiger partial charge on any atom is 0.270 e. The number of nitrogens with zero attached hydrogens (tertiary/aromatic N) is 1. The molecule has 0 saturated carbocycles. The van der Waals surface area contributed by atoms with Gasteiger partial charge in [-0.15, -0.1) is 11.3 Å². The first-order valence-electron chi connectivity index (χ1n) is 6.68. The van der Waals surface area contributed by atoms with E-state index in [1.807, 2.05) is 25.1 Å². The summed E-state index contributed by atoms with van der Waals surface area (Å²) in [5.41, 5.74) is 7.24. The number of nitrogens with one attached hydrogen (secondary N) is 1. The lowest BCUT2D eigenvalue weighted by atomic mass is 10.1. The summed E-state index contributed by atoms with van der Waals surface area (Å²) in [6.45, 7) is 2.39. The Bertz CT molecular complexity index is 553. The fraction of sp³-hybridized carbons (Fsp3) is 0.333. The first-order chi connectivity index (χ1) is 9.69. The van der Waals surface area contributed by atoms with E-state index in [0.29, 0.717) is 12.2 Å². The van der Waals surface area contributed by atoms with Crippen LogP contribution in [0.3, 0.4) is 0 Å². The fourth-order valence-electron chi connectivity index (χ4n) is 1.91. The molecule has 106 valence electrons. The molecule has 0 aliphatic carbocycles. The average molecular weight is 289 g/mol. The maximum absolute atomic E-state index is 12.0. The van der Waals surface area contributed by atoms with E-state index in [9.17, 15) is 4.79 Å². The molecule has 0 radical (unpaired) electrons. The highest BCUT2D eigenvalue weighted by Crippen LogP contribution is 2.10. The Labute approximate surface area is 123 Å². The van der Waals surface area contributed by atoms with E-state index < -0.39 is 0 Å². The van der Waals surface area contributed by atoms with E-state index in [-0.39, 0.29) is 11.9 Å². The molecule has 1 amide bonds. The van der Waals surface area contributed by atoms with Crippen LogP contribution in [0.4, 0.5) is 0 Å². The van der Waals surface area contributed by atoms with Crippen LogP contribution in [0.15, 0.2) is 35.7 Å². The summed E-state index contributed by atoms with van der Waals surface area (Å²) in [7, 11) is 0. The predicted octanol–water partition coefficient (Wildman–Crippen LogP) is 2.35. The predicted molar refractivity (Wildman–Crippen MR) is 81.7 cm³/mol. The van der Waals surface area contributed by atoms with Crippen molar-refractivity contribution in [1.29, 1.82) is 0 Å². The molecule has 1 atom stereocenters. The second-order valence-corrected chi connectivity index (χ2v) is 5.67. The van der Waals surface area contributed by atoms with Gasteiger partial charge in [-0.3, -0.25) is 4.79 Å². The number of thiazole rings is 1. The molecule has 1 aromatic heterocycles. The van der Waals surface area contributed by atoms with E-state index in [0.717, 1.165) is 17.8 Å². The van der Waals surface area contributed by atoms with Crippen molar-refractivity contribution < 1.29 is 4.79 Å². The van der Waals surface area contributed by atoms with Gasteiger partial charge in [0.25, 0.3) is 5.91 Å². The number of nitrogens with two attached hydrogens (primary N) is 1. The minimum Gasteiger partial charge on any atom is -0.348 e. The number of aryl methyl sites for hydroxylation is 1. The zero-order valence-corrected chi connectivity index (χ0v) is 12.3. The smallest absolute Gasteiger partial charge is 0.270 e. The number of amides is 1. The van der Waals surface area contributed by atoms with Crippen molar-refractivity contribution in [3.05, 3.63) is 52.0 Å². The summed E-state index contributed by atoms with van der Waals surface area (Å²) < 4.78 is 0. The van der Waals surface area contributed by atoms with Gasteiger partial charge in [0.2, 0.25) is 0 Å². The third-order valence-corrected chi connectivity index (χ3v) is 3.92. The SMILES string of the molecule is CC(CCc1ccccc1)NC(=O)c1csc(CN)n1. The molecule has 4 nitrogen and oxygen atoms in total. The average Bonchev–Trinajstić information content (AvgIpc) is 2.95. The first-order valence-corrected chi connectivity index (χ1v) is 7.56. The number of aromatic nitrogens is 1. The van der Waals surface area contributed by atoms with Gasteiger partial charge in [0.05, 0.1) is 0 Å². The van der Waals surface area contributed by atoms with Gasteiger partial charge >= 0.3 is 0 Å². The zero-order chi connectivity index (χ0) is 14.4. The molecule has 3 N–H and O–H groups in total. The van der Waals surface area contributed by atoms with Gasteiger partial charge < -0.3 is 11.1 Å². The Hall–Kier alpha value is -1.72. The third kappa shape index (κ3) is 4.15. The van der Waals surface area contributed by atoms with Gasteiger partial charge in [0.15, 0.2) is 0 Å². The zero-order valence-electron chi connectivity index (χ0n) is 11.5. The topological polar surface area (TPSA) is 68.0 Å². The Morgan fingerprint density at radius 2 is 2.15 bits per heavy atom. The van der Waals surface area contributed by atoms with E-state index >= 15 is 0 Å². The normalized spacial score (nSPS) is 12.1. The standard InChI is InChI=1S/C15H19N3OS/c1-11(7-8-12-5-3-2-4-6-12)17-15(19)13-10-20-14(9-16)18-13/h2-6,10-11H,7-9,16H2,1H3,(H,17,19). The van der Waals surface area contributed by atoms with Crippen molar-refractivity contribution in [3.8, 4) is 0 Å². The number of carbonyl (C=O) groups is 1. The molecule has 1 heterocycles. The summed E-state index contributed by atoms with van der Waals surface area (Å²) in [6, 6.07) is 10.4. The number of rotatable bonds is 6. The van der Waals surface area contributed by atoms with Crippen LogP contribution in [0.25, 0.3) is 0 Å². The summed E-state index contributed by atoms with van der Waals surface area (Å²) in [6.07, 6.45) is 1.86. The largest absolute Gasteiger partial charge is 0.348 e. The Kier molecular flexibility index (Phi) is 5.26. The molecule has 1 unspecified atom stereocenters. The molecule has 0 bridgehead atoms. The molecule has 0 saturated heterocycles. The van der Waals surface area contributed by atoms with Gasteiger partial charge in [-0.2, -0.15) is 0 Å². The van der Waals surface area contributed by atoms with E-state index in [4.69, 9.17) is 5.73 Å².